The van der Waals surface area contributed by atoms with Crippen LogP contribution in [0, 0.1) is 5.82 Å². The Labute approximate surface area is 101 Å². The third-order valence-corrected chi connectivity index (χ3v) is 2.55. The van der Waals surface area contributed by atoms with Gasteiger partial charge < -0.3 is 5.11 Å². The van der Waals surface area contributed by atoms with Gasteiger partial charge in [0, 0.05) is 11.6 Å². The average Bonchev–Trinajstić information content (AvgIpc) is 2.52. The molecule has 1 aliphatic rings. The molecule has 1 aliphatic heterocycles. The van der Waals surface area contributed by atoms with Gasteiger partial charge in [-0.3, -0.25) is 9.59 Å². The lowest BCUT2D eigenvalue weighted by Crippen LogP contribution is -2.32. The summed E-state index contributed by atoms with van der Waals surface area (Å²) in [4.78, 5) is 35.0. The second-order valence-corrected chi connectivity index (χ2v) is 3.75. The molecule has 1 aromatic carbocycles. The summed E-state index contributed by atoms with van der Waals surface area (Å²) >= 11 is 0. The summed E-state index contributed by atoms with van der Waals surface area (Å²) in [5.41, 5.74) is -0.770. The van der Waals surface area contributed by atoms with Gasteiger partial charge in [0.05, 0.1) is 5.69 Å². The number of hydrogen-bond acceptors (Lipinski definition) is 3. The lowest BCUT2D eigenvalue weighted by atomic mass is 10.1. The van der Waals surface area contributed by atoms with Crippen molar-refractivity contribution in [3.63, 3.8) is 0 Å². The number of carboxylic acids is 1. The molecule has 0 atom stereocenters. The largest absolute Gasteiger partial charge is 0.478 e. The predicted octanol–water partition coefficient (Wildman–Crippen LogP) is 1.34. The molecule has 0 saturated heterocycles. The van der Waals surface area contributed by atoms with E-state index in [4.69, 9.17) is 5.11 Å². The van der Waals surface area contributed by atoms with Crippen LogP contribution in [0.5, 0.6) is 0 Å². The standard InChI is InChI=1S/C12H8FNO4/c1-6-5-9(15)14(11(6)16)8-4-2-3-7(13)10(8)12(17)18/h2-5H,1H3,(H,17,18). The molecule has 1 N–H and O–H groups in total. The molecule has 0 radical (unpaired) electrons. The van der Waals surface area contributed by atoms with Crippen molar-refractivity contribution in [1.29, 1.82) is 0 Å². The number of carbonyl (C=O) groups is 3. The number of anilines is 1. The number of hydrogen-bond donors (Lipinski definition) is 1. The number of benzene rings is 1. The highest BCUT2D eigenvalue weighted by atomic mass is 19.1. The zero-order valence-electron chi connectivity index (χ0n) is 9.31. The second kappa shape index (κ2) is 4.06. The Morgan fingerprint density at radius 2 is 2.00 bits per heavy atom. The maximum Gasteiger partial charge on any atom is 0.340 e. The molecule has 0 saturated carbocycles. The molecule has 1 heterocycles. The van der Waals surface area contributed by atoms with E-state index >= 15 is 0 Å². The van der Waals surface area contributed by atoms with E-state index in [-0.39, 0.29) is 11.3 Å². The fraction of sp³-hybridized carbons (Fsp3) is 0.0833. The van der Waals surface area contributed by atoms with Gasteiger partial charge in [-0.15, -0.1) is 0 Å². The van der Waals surface area contributed by atoms with Crippen molar-refractivity contribution in [2.75, 3.05) is 4.90 Å². The molecular formula is C12H8FNO4. The zero-order chi connectivity index (χ0) is 13.4. The lowest BCUT2D eigenvalue weighted by molar-refractivity contribution is -0.120. The highest BCUT2D eigenvalue weighted by Gasteiger charge is 2.33. The Hall–Kier alpha value is -2.50. The minimum Gasteiger partial charge on any atom is -0.478 e. The molecule has 92 valence electrons. The molecule has 0 unspecified atom stereocenters. The summed E-state index contributed by atoms with van der Waals surface area (Å²) in [6.45, 7) is 1.43. The summed E-state index contributed by atoms with van der Waals surface area (Å²) in [5.74, 6) is -3.85. The molecule has 0 fully saturated rings. The molecule has 0 aliphatic carbocycles. The smallest absolute Gasteiger partial charge is 0.340 e. The summed E-state index contributed by atoms with van der Waals surface area (Å²) in [7, 11) is 0. The third-order valence-electron chi connectivity index (χ3n) is 2.55. The van der Waals surface area contributed by atoms with Gasteiger partial charge in [0.1, 0.15) is 11.4 Å². The molecule has 1 aromatic rings. The van der Waals surface area contributed by atoms with E-state index in [1.165, 1.54) is 19.1 Å². The van der Waals surface area contributed by atoms with Crippen LogP contribution in [-0.2, 0) is 9.59 Å². The number of imide groups is 1. The van der Waals surface area contributed by atoms with E-state index in [0.29, 0.717) is 4.90 Å². The van der Waals surface area contributed by atoms with Gasteiger partial charge in [0.15, 0.2) is 0 Å². The molecule has 18 heavy (non-hydrogen) atoms. The quantitative estimate of drug-likeness (QED) is 0.802. The maximum absolute atomic E-state index is 13.5. The molecule has 5 nitrogen and oxygen atoms in total. The number of carbonyl (C=O) groups excluding carboxylic acids is 2. The van der Waals surface area contributed by atoms with Gasteiger partial charge in [0.2, 0.25) is 0 Å². The second-order valence-electron chi connectivity index (χ2n) is 3.75. The van der Waals surface area contributed by atoms with Gasteiger partial charge in [-0.25, -0.2) is 14.1 Å². The van der Waals surface area contributed by atoms with Crippen LogP contribution in [0.1, 0.15) is 17.3 Å². The highest BCUT2D eigenvalue weighted by molar-refractivity contribution is 6.31. The number of aromatic carboxylic acids is 1. The van der Waals surface area contributed by atoms with Crippen LogP contribution in [0.25, 0.3) is 0 Å². The van der Waals surface area contributed by atoms with Crippen molar-refractivity contribution in [2.24, 2.45) is 0 Å². The molecule has 0 aromatic heterocycles. The Morgan fingerprint density at radius 1 is 1.33 bits per heavy atom. The van der Waals surface area contributed by atoms with E-state index in [1.807, 2.05) is 0 Å². The summed E-state index contributed by atoms with van der Waals surface area (Å²) in [6.07, 6.45) is 1.08. The molecular weight excluding hydrogens is 241 g/mol. The lowest BCUT2D eigenvalue weighted by Gasteiger charge is -2.17. The maximum atomic E-state index is 13.5. The fourth-order valence-electron chi connectivity index (χ4n) is 1.73. The van der Waals surface area contributed by atoms with Crippen molar-refractivity contribution < 1.29 is 23.9 Å². The zero-order valence-corrected chi connectivity index (χ0v) is 9.31. The van der Waals surface area contributed by atoms with Crippen molar-refractivity contribution in [2.45, 2.75) is 6.92 Å². The monoisotopic (exact) mass is 249 g/mol. The van der Waals surface area contributed by atoms with Crippen molar-refractivity contribution >= 4 is 23.5 Å². The first-order chi connectivity index (χ1) is 8.43. The van der Waals surface area contributed by atoms with E-state index < -0.39 is 29.2 Å². The molecule has 2 rings (SSSR count). The summed E-state index contributed by atoms with van der Waals surface area (Å²) < 4.78 is 13.5. The van der Waals surface area contributed by atoms with Crippen molar-refractivity contribution in [3.05, 3.63) is 41.2 Å². The van der Waals surface area contributed by atoms with Crippen LogP contribution in [0.3, 0.4) is 0 Å². The van der Waals surface area contributed by atoms with E-state index in [9.17, 15) is 18.8 Å². The number of halogens is 1. The topological polar surface area (TPSA) is 74.7 Å². The first-order valence-corrected chi connectivity index (χ1v) is 5.02. The van der Waals surface area contributed by atoms with Crippen molar-refractivity contribution in [1.82, 2.24) is 0 Å². The Kier molecular flexibility index (Phi) is 2.70. The van der Waals surface area contributed by atoms with E-state index in [0.717, 1.165) is 12.1 Å². The predicted molar refractivity (Wildman–Crippen MR) is 59.6 cm³/mol. The minimum absolute atomic E-state index is 0.181. The first-order valence-electron chi connectivity index (χ1n) is 5.02. The number of nitrogens with zero attached hydrogens (tertiary/aromatic N) is 1. The van der Waals surface area contributed by atoms with Crippen LogP contribution in [0.4, 0.5) is 10.1 Å². The number of carboxylic acid groups (broad SMARTS) is 1. The van der Waals surface area contributed by atoms with Gasteiger partial charge in [0.25, 0.3) is 11.8 Å². The summed E-state index contributed by atoms with van der Waals surface area (Å²) in [6, 6.07) is 3.42. The van der Waals surface area contributed by atoms with Crippen LogP contribution in [0.15, 0.2) is 29.8 Å². The highest BCUT2D eigenvalue weighted by Crippen LogP contribution is 2.27. The van der Waals surface area contributed by atoms with Gasteiger partial charge in [-0.2, -0.15) is 0 Å². The SMILES string of the molecule is CC1=CC(=O)N(c2cccc(F)c2C(=O)O)C1=O. The first kappa shape index (κ1) is 12.0. The molecule has 2 amide bonds. The summed E-state index contributed by atoms with van der Waals surface area (Å²) in [5, 5.41) is 8.94. The van der Waals surface area contributed by atoms with Gasteiger partial charge >= 0.3 is 5.97 Å². The Morgan fingerprint density at radius 3 is 2.50 bits per heavy atom. The van der Waals surface area contributed by atoms with Gasteiger partial charge in [-0.1, -0.05) is 6.07 Å². The Bertz CT molecular complexity index is 606. The van der Waals surface area contributed by atoms with Crippen LogP contribution < -0.4 is 4.90 Å². The van der Waals surface area contributed by atoms with Crippen molar-refractivity contribution in [3.8, 4) is 0 Å². The van der Waals surface area contributed by atoms with Crippen LogP contribution in [0.2, 0.25) is 0 Å². The molecule has 0 bridgehead atoms. The normalized spacial score (nSPS) is 15.0. The molecule has 6 heteroatoms. The average molecular weight is 249 g/mol. The third kappa shape index (κ3) is 1.67. The molecule has 0 spiro atoms. The van der Waals surface area contributed by atoms with Crippen LogP contribution >= 0.6 is 0 Å². The fourth-order valence-corrected chi connectivity index (χ4v) is 1.73. The van der Waals surface area contributed by atoms with Gasteiger partial charge in [-0.05, 0) is 19.1 Å². The number of rotatable bonds is 2. The van der Waals surface area contributed by atoms with Crippen LogP contribution in [-0.4, -0.2) is 22.9 Å². The Balaban J connectivity index is 2.60. The minimum atomic E-state index is -1.53. The van der Waals surface area contributed by atoms with E-state index in [1.54, 1.807) is 0 Å². The van der Waals surface area contributed by atoms with E-state index in [2.05, 4.69) is 0 Å². The number of amides is 2.